The van der Waals surface area contributed by atoms with Gasteiger partial charge in [0.2, 0.25) is 0 Å². The summed E-state index contributed by atoms with van der Waals surface area (Å²) in [7, 11) is 2.20. The molecular formula is C9H20N2. The molecule has 1 aliphatic rings. The maximum Gasteiger partial charge on any atom is 0.0104 e. The van der Waals surface area contributed by atoms with E-state index in [4.69, 9.17) is 5.73 Å². The summed E-state index contributed by atoms with van der Waals surface area (Å²) in [5, 5.41) is 0. The van der Waals surface area contributed by atoms with Gasteiger partial charge in [-0.3, -0.25) is 0 Å². The van der Waals surface area contributed by atoms with Gasteiger partial charge >= 0.3 is 0 Å². The number of hydrogen-bond acceptors (Lipinski definition) is 2. The van der Waals surface area contributed by atoms with Gasteiger partial charge in [-0.15, -0.1) is 0 Å². The Kier molecular flexibility index (Phi) is 3.87. The van der Waals surface area contributed by atoms with Crippen LogP contribution in [0.1, 0.15) is 32.1 Å². The third-order valence-electron chi connectivity index (χ3n) is 2.68. The van der Waals surface area contributed by atoms with Gasteiger partial charge in [-0.1, -0.05) is 19.3 Å². The van der Waals surface area contributed by atoms with Crippen LogP contribution in [0.2, 0.25) is 0 Å². The highest BCUT2D eigenvalue weighted by Gasteiger charge is 2.16. The minimum absolute atomic E-state index is 0.799. The Labute approximate surface area is 69.8 Å². The van der Waals surface area contributed by atoms with E-state index >= 15 is 0 Å². The second kappa shape index (κ2) is 4.73. The van der Waals surface area contributed by atoms with Crippen LogP contribution in [-0.4, -0.2) is 31.1 Å². The molecule has 66 valence electrons. The Bertz CT molecular complexity index is 97.7. The molecule has 0 amide bonds. The van der Waals surface area contributed by atoms with Crippen LogP contribution in [0, 0.1) is 0 Å². The summed E-state index contributed by atoms with van der Waals surface area (Å²) in [4.78, 5) is 2.42. The summed E-state index contributed by atoms with van der Waals surface area (Å²) >= 11 is 0. The summed E-state index contributed by atoms with van der Waals surface area (Å²) in [6, 6.07) is 0.826. The van der Waals surface area contributed by atoms with Crippen LogP contribution < -0.4 is 5.73 Å². The van der Waals surface area contributed by atoms with E-state index in [1.807, 2.05) is 0 Å². The zero-order valence-corrected chi connectivity index (χ0v) is 7.55. The molecule has 11 heavy (non-hydrogen) atoms. The molecule has 1 rings (SSSR count). The minimum Gasteiger partial charge on any atom is -0.329 e. The van der Waals surface area contributed by atoms with Crippen molar-refractivity contribution in [2.45, 2.75) is 38.1 Å². The van der Waals surface area contributed by atoms with Crippen molar-refractivity contribution in [3.05, 3.63) is 0 Å². The zero-order chi connectivity index (χ0) is 8.10. The molecule has 0 aromatic heterocycles. The normalized spacial score (nSPS) is 21.0. The van der Waals surface area contributed by atoms with E-state index in [0.717, 1.165) is 19.1 Å². The fourth-order valence-corrected chi connectivity index (χ4v) is 1.91. The lowest BCUT2D eigenvalue weighted by Gasteiger charge is -2.30. The standard InChI is InChI=1S/C9H20N2/c1-11(8-7-10)9-5-3-2-4-6-9/h9H,2-8,10H2,1H3. The average molecular weight is 156 g/mol. The van der Waals surface area contributed by atoms with Gasteiger partial charge < -0.3 is 10.6 Å². The molecule has 0 heterocycles. The number of likely N-dealkylation sites (N-methyl/N-ethyl adjacent to an activating group) is 1. The van der Waals surface area contributed by atoms with Gasteiger partial charge in [-0.2, -0.15) is 0 Å². The summed E-state index contributed by atoms with van der Waals surface area (Å²) in [5.74, 6) is 0. The lowest BCUT2D eigenvalue weighted by atomic mass is 9.94. The van der Waals surface area contributed by atoms with Crippen LogP contribution in [0.25, 0.3) is 0 Å². The van der Waals surface area contributed by atoms with E-state index in [2.05, 4.69) is 11.9 Å². The van der Waals surface area contributed by atoms with Crippen LogP contribution in [0.4, 0.5) is 0 Å². The van der Waals surface area contributed by atoms with E-state index in [-0.39, 0.29) is 0 Å². The smallest absolute Gasteiger partial charge is 0.0104 e. The van der Waals surface area contributed by atoms with E-state index in [1.54, 1.807) is 0 Å². The fraction of sp³-hybridized carbons (Fsp3) is 1.00. The Balaban J connectivity index is 2.21. The van der Waals surface area contributed by atoms with Gasteiger partial charge in [0.15, 0.2) is 0 Å². The Hall–Kier alpha value is -0.0800. The molecule has 0 atom stereocenters. The predicted octanol–water partition coefficient (Wildman–Crippen LogP) is 1.21. The van der Waals surface area contributed by atoms with Crippen molar-refractivity contribution in [3.63, 3.8) is 0 Å². The van der Waals surface area contributed by atoms with E-state index in [1.165, 1.54) is 32.1 Å². The lowest BCUT2D eigenvalue weighted by Crippen LogP contribution is -2.36. The molecule has 0 spiro atoms. The highest BCUT2D eigenvalue weighted by molar-refractivity contribution is 4.73. The largest absolute Gasteiger partial charge is 0.329 e. The molecule has 0 aromatic carbocycles. The Morgan fingerprint density at radius 2 is 1.91 bits per heavy atom. The van der Waals surface area contributed by atoms with Crippen molar-refractivity contribution >= 4 is 0 Å². The second-order valence-corrected chi connectivity index (χ2v) is 3.56. The molecule has 0 saturated heterocycles. The minimum atomic E-state index is 0.799. The SMILES string of the molecule is CN(CCN)C1CCCCC1. The van der Waals surface area contributed by atoms with Crippen molar-refractivity contribution in [1.82, 2.24) is 4.90 Å². The molecule has 0 unspecified atom stereocenters. The zero-order valence-electron chi connectivity index (χ0n) is 7.55. The van der Waals surface area contributed by atoms with Crippen molar-refractivity contribution in [2.24, 2.45) is 5.73 Å². The van der Waals surface area contributed by atoms with Gasteiger partial charge in [-0.05, 0) is 19.9 Å². The quantitative estimate of drug-likeness (QED) is 0.665. The second-order valence-electron chi connectivity index (χ2n) is 3.56. The van der Waals surface area contributed by atoms with E-state index in [0.29, 0.717) is 0 Å². The fourth-order valence-electron chi connectivity index (χ4n) is 1.91. The molecular weight excluding hydrogens is 136 g/mol. The molecule has 2 nitrogen and oxygen atoms in total. The first-order valence-corrected chi connectivity index (χ1v) is 4.75. The molecule has 1 fully saturated rings. The predicted molar refractivity (Wildman–Crippen MR) is 48.6 cm³/mol. The van der Waals surface area contributed by atoms with Crippen molar-refractivity contribution in [1.29, 1.82) is 0 Å². The topological polar surface area (TPSA) is 29.3 Å². The number of rotatable bonds is 3. The van der Waals surface area contributed by atoms with Crippen LogP contribution in [0.5, 0.6) is 0 Å². The van der Waals surface area contributed by atoms with Crippen LogP contribution in [0.3, 0.4) is 0 Å². The van der Waals surface area contributed by atoms with Crippen molar-refractivity contribution in [2.75, 3.05) is 20.1 Å². The molecule has 0 bridgehead atoms. The number of hydrogen-bond donors (Lipinski definition) is 1. The van der Waals surface area contributed by atoms with Crippen molar-refractivity contribution < 1.29 is 0 Å². The van der Waals surface area contributed by atoms with Gasteiger partial charge in [-0.25, -0.2) is 0 Å². The third kappa shape index (κ3) is 2.80. The Morgan fingerprint density at radius 1 is 1.27 bits per heavy atom. The Morgan fingerprint density at radius 3 is 2.45 bits per heavy atom. The van der Waals surface area contributed by atoms with E-state index < -0.39 is 0 Å². The summed E-state index contributed by atoms with van der Waals surface area (Å²) in [6.45, 7) is 1.86. The van der Waals surface area contributed by atoms with Crippen molar-refractivity contribution in [3.8, 4) is 0 Å². The molecule has 1 aliphatic carbocycles. The van der Waals surface area contributed by atoms with Gasteiger partial charge in [0.25, 0.3) is 0 Å². The first kappa shape index (κ1) is 9.01. The molecule has 0 radical (unpaired) electrons. The first-order chi connectivity index (χ1) is 5.34. The van der Waals surface area contributed by atoms with Gasteiger partial charge in [0, 0.05) is 19.1 Å². The molecule has 2 heteroatoms. The monoisotopic (exact) mass is 156 g/mol. The summed E-state index contributed by atoms with van der Waals surface area (Å²) in [5.41, 5.74) is 5.49. The van der Waals surface area contributed by atoms with Gasteiger partial charge in [0.05, 0.1) is 0 Å². The number of nitrogens with two attached hydrogens (primary N) is 1. The van der Waals surface area contributed by atoms with Gasteiger partial charge in [0.1, 0.15) is 0 Å². The van der Waals surface area contributed by atoms with Crippen LogP contribution >= 0.6 is 0 Å². The maximum atomic E-state index is 5.49. The molecule has 0 aliphatic heterocycles. The average Bonchev–Trinajstić information content (AvgIpc) is 2.07. The van der Waals surface area contributed by atoms with E-state index in [9.17, 15) is 0 Å². The number of nitrogens with zero attached hydrogens (tertiary/aromatic N) is 1. The maximum absolute atomic E-state index is 5.49. The van der Waals surface area contributed by atoms with Crippen LogP contribution in [0.15, 0.2) is 0 Å². The van der Waals surface area contributed by atoms with Crippen LogP contribution in [-0.2, 0) is 0 Å². The molecule has 2 N–H and O–H groups in total. The third-order valence-corrected chi connectivity index (χ3v) is 2.68. The summed E-state index contributed by atoms with van der Waals surface area (Å²) < 4.78 is 0. The lowest BCUT2D eigenvalue weighted by molar-refractivity contribution is 0.196. The first-order valence-electron chi connectivity index (χ1n) is 4.75. The highest BCUT2D eigenvalue weighted by atomic mass is 15.1. The summed E-state index contributed by atoms with van der Waals surface area (Å²) in [6.07, 6.45) is 7.04. The molecule has 1 saturated carbocycles. The highest BCUT2D eigenvalue weighted by Crippen LogP contribution is 2.20. The molecule has 0 aromatic rings.